The number of nitrogens with zero attached hydrogens (tertiary/aromatic N) is 2. The highest BCUT2D eigenvalue weighted by Crippen LogP contribution is 2.25. The lowest BCUT2D eigenvalue weighted by atomic mass is 10.2. The Morgan fingerprint density at radius 3 is 2.42 bits per heavy atom. The molecular formula is C16H19N3O5. The maximum atomic E-state index is 12.2. The fourth-order valence-electron chi connectivity index (χ4n) is 2.37. The summed E-state index contributed by atoms with van der Waals surface area (Å²) in [6, 6.07) is 3.98. The molecule has 1 aromatic carbocycles. The molecule has 1 heterocycles. The van der Waals surface area contributed by atoms with E-state index in [0.717, 1.165) is 10.5 Å². The number of ether oxygens (including phenoxy) is 1. The predicted molar refractivity (Wildman–Crippen MR) is 85.5 cm³/mol. The van der Waals surface area contributed by atoms with E-state index in [1.54, 1.807) is 26.0 Å². The maximum absolute atomic E-state index is 12.2. The van der Waals surface area contributed by atoms with E-state index in [1.165, 1.54) is 7.11 Å². The number of imide groups is 2. The quantitative estimate of drug-likeness (QED) is 0.644. The monoisotopic (exact) mass is 333 g/mol. The number of carbonyl (C=O) groups excluding carboxylic acids is 4. The van der Waals surface area contributed by atoms with Gasteiger partial charge in [-0.2, -0.15) is 0 Å². The molecule has 1 aromatic rings. The summed E-state index contributed by atoms with van der Waals surface area (Å²) < 4.78 is 5.15. The first kappa shape index (κ1) is 17.5. The Morgan fingerprint density at radius 1 is 1.21 bits per heavy atom. The topological polar surface area (TPSA) is 96.0 Å². The van der Waals surface area contributed by atoms with Crippen LogP contribution in [0.3, 0.4) is 0 Å². The second kappa shape index (κ2) is 6.69. The summed E-state index contributed by atoms with van der Waals surface area (Å²) in [5, 5.41) is 2.59. The van der Waals surface area contributed by atoms with Gasteiger partial charge in [0.15, 0.2) is 0 Å². The smallest absolute Gasteiger partial charge is 0.334 e. The lowest BCUT2D eigenvalue weighted by Gasteiger charge is -2.18. The van der Waals surface area contributed by atoms with Crippen molar-refractivity contribution in [1.29, 1.82) is 0 Å². The third-order valence-electron chi connectivity index (χ3n) is 3.53. The van der Waals surface area contributed by atoms with Crippen LogP contribution in [0.15, 0.2) is 18.2 Å². The van der Waals surface area contributed by atoms with Gasteiger partial charge in [-0.15, -0.1) is 0 Å². The van der Waals surface area contributed by atoms with Crippen LogP contribution in [0.1, 0.15) is 19.4 Å². The number of benzene rings is 1. The highest BCUT2D eigenvalue weighted by Gasteiger charge is 2.46. The van der Waals surface area contributed by atoms with Gasteiger partial charge in [0, 0.05) is 6.04 Å². The van der Waals surface area contributed by atoms with Crippen LogP contribution < -0.4 is 10.1 Å². The summed E-state index contributed by atoms with van der Waals surface area (Å²) >= 11 is 0. The van der Waals surface area contributed by atoms with E-state index in [1.807, 2.05) is 13.0 Å². The minimum atomic E-state index is -1.000. The highest BCUT2D eigenvalue weighted by atomic mass is 16.5. The van der Waals surface area contributed by atoms with Crippen molar-refractivity contribution < 1.29 is 23.9 Å². The molecule has 1 fully saturated rings. The molecule has 0 unspecified atom stereocenters. The fourth-order valence-corrected chi connectivity index (χ4v) is 2.37. The minimum Gasteiger partial charge on any atom is -0.495 e. The third kappa shape index (κ3) is 3.22. The molecule has 0 spiro atoms. The molecule has 1 aliphatic rings. The molecule has 0 radical (unpaired) electrons. The molecule has 1 N–H and O–H groups in total. The van der Waals surface area contributed by atoms with Crippen LogP contribution in [0.4, 0.5) is 10.5 Å². The van der Waals surface area contributed by atoms with Crippen molar-refractivity contribution >= 4 is 29.4 Å². The van der Waals surface area contributed by atoms with Crippen LogP contribution in [0.5, 0.6) is 5.75 Å². The molecular weight excluding hydrogens is 314 g/mol. The zero-order chi connectivity index (χ0) is 18.0. The number of hydrogen-bond donors (Lipinski definition) is 1. The number of aryl methyl sites for hydroxylation is 1. The number of anilines is 1. The molecule has 0 aliphatic carbocycles. The van der Waals surface area contributed by atoms with Crippen molar-refractivity contribution in [3.05, 3.63) is 23.8 Å². The van der Waals surface area contributed by atoms with E-state index < -0.39 is 36.3 Å². The van der Waals surface area contributed by atoms with Crippen LogP contribution in [0.25, 0.3) is 0 Å². The van der Waals surface area contributed by atoms with Gasteiger partial charge in [0.25, 0.3) is 0 Å². The second-order valence-corrected chi connectivity index (χ2v) is 5.69. The van der Waals surface area contributed by atoms with E-state index in [9.17, 15) is 19.2 Å². The summed E-state index contributed by atoms with van der Waals surface area (Å²) in [6.45, 7) is 4.54. The summed E-state index contributed by atoms with van der Waals surface area (Å²) in [6.07, 6.45) is 0. The second-order valence-electron chi connectivity index (χ2n) is 5.69. The lowest BCUT2D eigenvalue weighted by Crippen LogP contribution is -2.40. The van der Waals surface area contributed by atoms with Crippen LogP contribution in [0.2, 0.25) is 0 Å². The van der Waals surface area contributed by atoms with Gasteiger partial charge in [0.2, 0.25) is 5.91 Å². The number of urea groups is 1. The first-order chi connectivity index (χ1) is 11.3. The molecule has 1 aliphatic heterocycles. The Hall–Kier alpha value is -2.90. The maximum Gasteiger partial charge on any atom is 0.334 e. The standard InChI is InChI=1S/C16H19N3O5/c1-9(2)19-15(22)14(21)18(16(19)23)8-13(20)17-11-7-10(3)5-6-12(11)24-4/h5-7,9H,8H2,1-4H3,(H,17,20). The SMILES string of the molecule is COc1ccc(C)cc1NC(=O)CN1C(=O)C(=O)N(C(C)C)C1=O. The number of carbonyl (C=O) groups is 4. The van der Waals surface area contributed by atoms with E-state index in [2.05, 4.69) is 5.32 Å². The fraction of sp³-hybridized carbons (Fsp3) is 0.375. The Balaban J connectivity index is 2.13. The summed E-state index contributed by atoms with van der Waals surface area (Å²) in [7, 11) is 1.47. The van der Waals surface area contributed by atoms with Crippen LogP contribution in [-0.2, 0) is 14.4 Å². The van der Waals surface area contributed by atoms with Crippen molar-refractivity contribution in [2.24, 2.45) is 0 Å². The van der Waals surface area contributed by atoms with Gasteiger partial charge >= 0.3 is 17.8 Å². The Bertz CT molecular complexity index is 714. The first-order valence-corrected chi connectivity index (χ1v) is 7.39. The largest absolute Gasteiger partial charge is 0.495 e. The number of amides is 5. The number of hydrogen-bond acceptors (Lipinski definition) is 5. The predicted octanol–water partition coefficient (Wildman–Crippen LogP) is 1.14. The van der Waals surface area contributed by atoms with Gasteiger partial charge in [-0.05, 0) is 38.5 Å². The molecule has 128 valence electrons. The minimum absolute atomic E-state index is 0.425. The van der Waals surface area contributed by atoms with Gasteiger partial charge in [0.1, 0.15) is 12.3 Å². The van der Waals surface area contributed by atoms with Crippen LogP contribution >= 0.6 is 0 Å². The lowest BCUT2D eigenvalue weighted by molar-refractivity contribution is -0.144. The van der Waals surface area contributed by atoms with Gasteiger partial charge in [-0.3, -0.25) is 19.3 Å². The molecule has 0 aromatic heterocycles. The number of methoxy groups -OCH3 is 1. The van der Waals surface area contributed by atoms with Crippen LogP contribution in [0, 0.1) is 6.92 Å². The molecule has 2 rings (SSSR count). The summed E-state index contributed by atoms with van der Waals surface area (Å²) in [5.74, 6) is -2.07. The van der Waals surface area contributed by atoms with E-state index in [-0.39, 0.29) is 0 Å². The van der Waals surface area contributed by atoms with Crippen LogP contribution in [-0.4, -0.2) is 53.2 Å². The van der Waals surface area contributed by atoms with Gasteiger partial charge in [0.05, 0.1) is 12.8 Å². The van der Waals surface area contributed by atoms with Crippen molar-refractivity contribution in [3.63, 3.8) is 0 Å². The van der Waals surface area contributed by atoms with Crippen molar-refractivity contribution in [2.75, 3.05) is 19.0 Å². The molecule has 0 bridgehead atoms. The first-order valence-electron chi connectivity index (χ1n) is 7.39. The summed E-state index contributed by atoms with van der Waals surface area (Å²) in [5.41, 5.74) is 1.33. The molecule has 0 saturated carbocycles. The molecule has 8 heteroatoms. The molecule has 0 atom stereocenters. The van der Waals surface area contributed by atoms with E-state index in [0.29, 0.717) is 16.3 Å². The number of rotatable bonds is 5. The highest BCUT2D eigenvalue weighted by molar-refractivity contribution is 6.45. The molecule has 8 nitrogen and oxygen atoms in total. The molecule has 5 amide bonds. The molecule has 1 saturated heterocycles. The number of nitrogens with one attached hydrogen (secondary N) is 1. The Kier molecular flexibility index (Phi) is 4.87. The third-order valence-corrected chi connectivity index (χ3v) is 3.53. The van der Waals surface area contributed by atoms with E-state index in [4.69, 9.17) is 4.74 Å². The van der Waals surface area contributed by atoms with Crippen molar-refractivity contribution in [1.82, 2.24) is 9.80 Å². The van der Waals surface area contributed by atoms with Crippen molar-refractivity contribution in [2.45, 2.75) is 26.8 Å². The van der Waals surface area contributed by atoms with E-state index >= 15 is 0 Å². The average molecular weight is 333 g/mol. The van der Waals surface area contributed by atoms with Gasteiger partial charge in [-0.1, -0.05) is 6.07 Å². The average Bonchev–Trinajstić information content (AvgIpc) is 2.71. The zero-order valence-corrected chi connectivity index (χ0v) is 14.0. The Morgan fingerprint density at radius 2 is 1.88 bits per heavy atom. The summed E-state index contributed by atoms with van der Waals surface area (Å²) in [4.78, 5) is 49.5. The van der Waals surface area contributed by atoms with Gasteiger partial charge < -0.3 is 10.1 Å². The van der Waals surface area contributed by atoms with Crippen molar-refractivity contribution in [3.8, 4) is 5.75 Å². The van der Waals surface area contributed by atoms with Gasteiger partial charge in [-0.25, -0.2) is 9.69 Å². The molecule has 24 heavy (non-hydrogen) atoms. The Labute approximate surface area is 139 Å². The zero-order valence-electron chi connectivity index (χ0n) is 14.0. The normalized spacial score (nSPS) is 14.6.